The number of alkyl halides is 3. The van der Waals surface area contributed by atoms with Crippen LogP contribution in [0.3, 0.4) is 0 Å². The van der Waals surface area contributed by atoms with Crippen molar-refractivity contribution >= 4 is 10.0 Å². The van der Waals surface area contributed by atoms with Crippen LogP contribution in [0, 0.1) is 11.7 Å². The molecule has 0 aromatic heterocycles. The van der Waals surface area contributed by atoms with E-state index in [1.165, 1.54) is 4.31 Å². The maximum absolute atomic E-state index is 13.6. The second kappa shape index (κ2) is 7.37. The lowest BCUT2D eigenvalue weighted by Gasteiger charge is -2.31. The summed E-state index contributed by atoms with van der Waals surface area (Å²) in [6, 6.07) is 1.73. The van der Waals surface area contributed by atoms with Gasteiger partial charge in [-0.05, 0) is 50.0 Å². The van der Waals surface area contributed by atoms with Gasteiger partial charge in [-0.25, -0.2) is 12.8 Å². The van der Waals surface area contributed by atoms with Gasteiger partial charge in [-0.2, -0.15) is 17.5 Å². The SMILES string of the molecule is CCNCC1CCN(S(=O)(=O)c2ccc(C(F)(F)F)c(F)c2)CC1. The third kappa shape index (κ3) is 4.25. The molecule has 0 atom stereocenters. The van der Waals surface area contributed by atoms with Crippen molar-refractivity contribution in [1.29, 1.82) is 0 Å². The van der Waals surface area contributed by atoms with Crippen LogP contribution in [0.5, 0.6) is 0 Å². The number of nitrogens with one attached hydrogen (secondary N) is 1. The molecule has 9 heteroatoms. The lowest BCUT2D eigenvalue weighted by molar-refractivity contribution is -0.140. The van der Waals surface area contributed by atoms with Crippen molar-refractivity contribution in [1.82, 2.24) is 9.62 Å². The van der Waals surface area contributed by atoms with E-state index in [2.05, 4.69) is 5.32 Å². The Kier molecular flexibility index (Phi) is 5.87. The van der Waals surface area contributed by atoms with Crippen LogP contribution in [0.1, 0.15) is 25.3 Å². The van der Waals surface area contributed by atoms with Crippen molar-refractivity contribution in [3.8, 4) is 0 Å². The monoisotopic (exact) mass is 368 g/mol. The van der Waals surface area contributed by atoms with Crippen molar-refractivity contribution in [3.05, 3.63) is 29.6 Å². The fourth-order valence-electron chi connectivity index (χ4n) is 2.74. The van der Waals surface area contributed by atoms with Crippen molar-refractivity contribution < 1.29 is 26.0 Å². The molecule has 2 rings (SSSR count). The van der Waals surface area contributed by atoms with Gasteiger partial charge in [-0.15, -0.1) is 0 Å². The van der Waals surface area contributed by atoms with Crippen LogP contribution in [-0.4, -0.2) is 38.9 Å². The molecule has 136 valence electrons. The van der Waals surface area contributed by atoms with E-state index in [0.717, 1.165) is 19.2 Å². The molecule has 0 amide bonds. The summed E-state index contributed by atoms with van der Waals surface area (Å²) >= 11 is 0. The highest BCUT2D eigenvalue weighted by molar-refractivity contribution is 7.89. The van der Waals surface area contributed by atoms with E-state index in [0.29, 0.717) is 30.9 Å². The van der Waals surface area contributed by atoms with E-state index in [9.17, 15) is 26.0 Å². The highest BCUT2D eigenvalue weighted by Crippen LogP contribution is 2.33. The van der Waals surface area contributed by atoms with Gasteiger partial charge in [-0.3, -0.25) is 0 Å². The molecule has 1 aromatic carbocycles. The van der Waals surface area contributed by atoms with E-state index in [1.54, 1.807) is 0 Å². The van der Waals surface area contributed by atoms with E-state index >= 15 is 0 Å². The summed E-state index contributed by atoms with van der Waals surface area (Å²) in [7, 11) is -3.99. The molecule has 1 aliphatic rings. The second-order valence-electron chi connectivity index (χ2n) is 5.79. The molecule has 0 aliphatic carbocycles. The van der Waals surface area contributed by atoms with Gasteiger partial charge in [0, 0.05) is 13.1 Å². The summed E-state index contributed by atoms with van der Waals surface area (Å²) in [6.07, 6.45) is -3.53. The van der Waals surface area contributed by atoms with Gasteiger partial charge in [0.15, 0.2) is 0 Å². The van der Waals surface area contributed by atoms with Crippen molar-refractivity contribution in [2.24, 2.45) is 5.92 Å². The molecule has 0 spiro atoms. The zero-order valence-electron chi connectivity index (χ0n) is 13.2. The van der Waals surface area contributed by atoms with Crippen molar-refractivity contribution in [2.75, 3.05) is 26.2 Å². The van der Waals surface area contributed by atoms with E-state index < -0.39 is 32.5 Å². The molecule has 0 unspecified atom stereocenters. The predicted molar refractivity (Wildman–Crippen MR) is 81.4 cm³/mol. The van der Waals surface area contributed by atoms with Gasteiger partial charge in [0.1, 0.15) is 5.82 Å². The maximum atomic E-state index is 13.6. The molecule has 1 aromatic rings. The van der Waals surface area contributed by atoms with E-state index in [-0.39, 0.29) is 13.1 Å². The lowest BCUT2D eigenvalue weighted by Crippen LogP contribution is -2.40. The first kappa shape index (κ1) is 19.1. The van der Waals surface area contributed by atoms with Gasteiger partial charge in [-0.1, -0.05) is 6.92 Å². The number of rotatable bonds is 5. The fraction of sp³-hybridized carbons (Fsp3) is 0.600. The largest absolute Gasteiger partial charge is 0.419 e. The Hall–Kier alpha value is -1.19. The fourth-order valence-corrected chi connectivity index (χ4v) is 4.22. The highest BCUT2D eigenvalue weighted by atomic mass is 32.2. The third-order valence-electron chi connectivity index (χ3n) is 4.14. The summed E-state index contributed by atoms with van der Waals surface area (Å²) in [5.74, 6) is -1.22. The van der Waals surface area contributed by atoms with Crippen LogP contribution in [0.15, 0.2) is 23.1 Å². The van der Waals surface area contributed by atoms with Gasteiger partial charge in [0.25, 0.3) is 0 Å². The van der Waals surface area contributed by atoms with Crippen LogP contribution in [0.25, 0.3) is 0 Å². The Morgan fingerprint density at radius 2 is 1.88 bits per heavy atom. The Bertz CT molecular complexity index is 669. The molecular formula is C15H20F4N2O2S. The highest BCUT2D eigenvalue weighted by Gasteiger charge is 2.36. The topological polar surface area (TPSA) is 49.4 Å². The number of hydrogen-bond donors (Lipinski definition) is 1. The minimum atomic E-state index is -4.85. The Labute approximate surface area is 138 Å². The summed E-state index contributed by atoms with van der Waals surface area (Å²) in [6.45, 7) is 4.18. The van der Waals surface area contributed by atoms with Crippen LogP contribution in [0.4, 0.5) is 17.6 Å². The summed E-state index contributed by atoms with van der Waals surface area (Å²) in [4.78, 5) is -0.446. The standard InChI is InChI=1S/C15H20F4N2O2S/c1-2-20-10-11-5-7-21(8-6-11)24(22,23)12-3-4-13(14(16)9-12)15(17,18)19/h3-4,9,11,20H,2,5-8,10H2,1H3. The maximum Gasteiger partial charge on any atom is 0.419 e. The van der Waals surface area contributed by atoms with E-state index in [4.69, 9.17) is 0 Å². The smallest absolute Gasteiger partial charge is 0.317 e. The summed E-state index contributed by atoms with van der Waals surface area (Å²) in [5.41, 5.74) is -1.47. The quantitative estimate of drug-likeness (QED) is 0.813. The molecule has 1 saturated heterocycles. The average Bonchev–Trinajstić information content (AvgIpc) is 2.52. The molecular weight excluding hydrogens is 348 g/mol. The van der Waals surface area contributed by atoms with Gasteiger partial charge in [0.05, 0.1) is 10.5 Å². The number of sulfonamides is 1. The average molecular weight is 368 g/mol. The Balaban J connectivity index is 2.13. The van der Waals surface area contributed by atoms with Crippen molar-refractivity contribution in [3.63, 3.8) is 0 Å². The minimum Gasteiger partial charge on any atom is -0.317 e. The van der Waals surface area contributed by atoms with Crippen LogP contribution < -0.4 is 5.32 Å². The predicted octanol–water partition coefficient (Wildman–Crippen LogP) is 2.85. The normalized spacial score (nSPS) is 18.0. The molecule has 1 N–H and O–H groups in total. The molecule has 1 heterocycles. The molecule has 1 fully saturated rings. The minimum absolute atomic E-state index is 0.279. The molecule has 0 radical (unpaired) electrons. The summed E-state index contributed by atoms with van der Waals surface area (Å²) in [5, 5.41) is 3.21. The molecule has 0 saturated carbocycles. The number of hydrogen-bond acceptors (Lipinski definition) is 3. The zero-order valence-corrected chi connectivity index (χ0v) is 14.1. The first-order valence-electron chi connectivity index (χ1n) is 7.74. The van der Waals surface area contributed by atoms with Gasteiger partial charge >= 0.3 is 6.18 Å². The van der Waals surface area contributed by atoms with Crippen molar-refractivity contribution in [2.45, 2.75) is 30.8 Å². The molecule has 4 nitrogen and oxygen atoms in total. The Morgan fingerprint density at radius 3 is 2.38 bits per heavy atom. The van der Waals surface area contributed by atoms with Gasteiger partial charge < -0.3 is 5.32 Å². The second-order valence-corrected chi connectivity index (χ2v) is 7.73. The van der Waals surface area contributed by atoms with E-state index in [1.807, 2.05) is 6.92 Å². The number of halogens is 4. The zero-order chi connectivity index (χ0) is 18.0. The Morgan fingerprint density at radius 1 is 1.25 bits per heavy atom. The first-order chi connectivity index (χ1) is 11.2. The molecule has 1 aliphatic heterocycles. The number of piperidine rings is 1. The molecule has 24 heavy (non-hydrogen) atoms. The molecule has 0 bridgehead atoms. The van der Waals surface area contributed by atoms with Crippen LogP contribution in [-0.2, 0) is 16.2 Å². The summed E-state index contributed by atoms with van der Waals surface area (Å²) < 4.78 is 77.5. The third-order valence-corrected chi connectivity index (χ3v) is 6.03. The van der Waals surface area contributed by atoms with Crippen LogP contribution in [0.2, 0.25) is 0 Å². The number of benzene rings is 1. The number of nitrogens with zero attached hydrogens (tertiary/aromatic N) is 1. The van der Waals surface area contributed by atoms with Crippen LogP contribution >= 0.6 is 0 Å². The first-order valence-corrected chi connectivity index (χ1v) is 9.18. The van der Waals surface area contributed by atoms with Gasteiger partial charge in [0.2, 0.25) is 10.0 Å². The lowest BCUT2D eigenvalue weighted by atomic mass is 9.98.